The van der Waals surface area contributed by atoms with E-state index in [4.69, 9.17) is 10.5 Å². The monoisotopic (exact) mass is 615 g/mol. The summed E-state index contributed by atoms with van der Waals surface area (Å²) < 4.78 is 38.0. The van der Waals surface area contributed by atoms with Gasteiger partial charge in [-0.1, -0.05) is 6.92 Å². The van der Waals surface area contributed by atoms with Gasteiger partial charge in [0.2, 0.25) is 11.9 Å². The van der Waals surface area contributed by atoms with E-state index in [-0.39, 0.29) is 35.2 Å². The Morgan fingerprint density at radius 3 is 2.58 bits per heavy atom. The molecule has 0 radical (unpaired) electrons. The number of aromatic nitrogens is 4. The number of hydrogen-bond acceptors (Lipinski definition) is 9. The third-order valence-electron chi connectivity index (χ3n) is 9.09. The summed E-state index contributed by atoms with van der Waals surface area (Å²) in [7, 11) is 1.78. The van der Waals surface area contributed by atoms with Crippen LogP contribution in [0.4, 0.5) is 26.1 Å². The average molecular weight is 616 g/mol. The first-order valence-corrected chi connectivity index (χ1v) is 14.9. The molecule has 2 aliphatic heterocycles. The molecule has 0 saturated carbocycles. The van der Waals surface area contributed by atoms with E-state index in [9.17, 15) is 10.1 Å². The average Bonchev–Trinajstić information content (AvgIpc) is 3.42. The molecule has 3 N–H and O–H groups in total. The van der Waals surface area contributed by atoms with Crippen LogP contribution in [-0.2, 0) is 14.9 Å². The number of nitrogens with one attached hydrogen (secondary N) is 1. The van der Waals surface area contributed by atoms with Crippen molar-refractivity contribution in [1.82, 2.24) is 24.5 Å². The van der Waals surface area contributed by atoms with Gasteiger partial charge in [-0.15, -0.1) is 0 Å². The highest BCUT2D eigenvalue weighted by Crippen LogP contribution is 2.38. The van der Waals surface area contributed by atoms with Gasteiger partial charge in [0.15, 0.2) is 0 Å². The largest absolute Gasteiger partial charge is 0.381 e. The van der Waals surface area contributed by atoms with Crippen LogP contribution in [0.5, 0.6) is 0 Å². The third-order valence-corrected chi connectivity index (χ3v) is 9.09. The van der Waals surface area contributed by atoms with Crippen molar-refractivity contribution in [2.45, 2.75) is 44.2 Å². The molecule has 3 aromatic heterocycles. The number of pyridine rings is 1. The van der Waals surface area contributed by atoms with Crippen LogP contribution in [-0.4, -0.2) is 75.8 Å². The Kier molecular flexibility index (Phi) is 8.11. The maximum absolute atomic E-state index is 15.6. The first kappa shape index (κ1) is 30.4. The predicted molar refractivity (Wildman–Crippen MR) is 165 cm³/mol. The molecular formula is C32H35F2N9O2. The highest BCUT2D eigenvalue weighted by Gasteiger charge is 2.38. The minimum atomic E-state index is -1.00. The van der Waals surface area contributed by atoms with Gasteiger partial charge < -0.3 is 25.6 Å². The molecule has 0 spiro atoms. The Hall–Kier alpha value is -4.67. The SMILES string of the molecule is CC(=O)N(C)C1C(C)CN(c2ccncc2Nc2ncc3ccc(-c4c(F)cc(C5(C#N)CCOCC5)cc4F)nn23)CC1N. The van der Waals surface area contributed by atoms with Crippen LogP contribution < -0.4 is 16.0 Å². The zero-order chi connectivity index (χ0) is 31.9. The topological polar surface area (TPSA) is 138 Å². The van der Waals surface area contributed by atoms with Crippen molar-refractivity contribution in [3.63, 3.8) is 0 Å². The normalized spacial score (nSPS) is 21.4. The summed E-state index contributed by atoms with van der Waals surface area (Å²) in [5.41, 5.74) is 7.77. The molecule has 1 aromatic carbocycles. The number of nitriles is 1. The van der Waals surface area contributed by atoms with E-state index in [1.54, 1.807) is 43.5 Å². The fourth-order valence-electron chi connectivity index (χ4n) is 6.65. The predicted octanol–water partition coefficient (Wildman–Crippen LogP) is 4.02. The molecule has 2 fully saturated rings. The van der Waals surface area contributed by atoms with Crippen LogP contribution >= 0.6 is 0 Å². The number of nitrogens with two attached hydrogens (primary N) is 1. The molecule has 0 bridgehead atoms. The zero-order valence-corrected chi connectivity index (χ0v) is 25.4. The van der Waals surface area contributed by atoms with Crippen molar-refractivity contribution in [2.24, 2.45) is 11.7 Å². The number of likely N-dealkylation sites (N-methyl/N-ethyl adjacent to an activating group) is 1. The Morgan fingerprint density at radius 1 is 1.18 bits per heavy atom. The number of fused-ring (bicyclic) bond motifs is 1. The molecule has 6 rings (SSSR count). The Morgan fingerprint density at radius 2 is 1.91 bits per heavy atom. The molecule has 4 aromatic rings. The van der Waals surface area contributed by atoms with Crippen LogP contribution in [0.15, 0.2) is 48.9 Å². The van der Waals surface area contributed by atoms with Gasteiger partial charge in [-0.25, -0.2) is 13.8 Å². The fourth-order valence-corrected chi connectivity index (χ4v) is 6.65. The standard InChI is InChI=1S/C32H35F2N9O2/c1-19-16-42(17-25(36)30(19)41(3)20(2)44)28-6-9-37-15-27(28)39-31-38-14-22-4-5-26(40-43(22)31)29-23(33)12-21(13-24(29)34)32(18-35)7-10-45-11-8-32/h4-6,9,12-15,19,25,30H,7-8,10-11,16-17,36H2,1-3H3,(H,38,39). The lowest BCUT2D eigenvalue weighted by molar-refractivity contribution is -0.131. The van der Waals surface area contributed by atoms with Gasteiger partial charge in [-0.05, 0) is 54.7 Å². The van der Waals surface area contributed by atoms with E-state index in [0.29, 0.717) is 61.9 Å². The molecule has 3 unspecified atom stereocenters. The number of amides is 1. The van der Waals surface area contributed by atoms with E-state index in [2.05, 4.69) is 38.3 Å². The second-order valence-corrected chi connectivity index (χ2v) is 11.9. The van der Waals surface area contributed by atoms with Gasteiger partial charge in [0.1, 0.15) is 11.6 Å². The summed E-state index contributed by atoms with van der Waals surface area (Å²) in [6, 6.07) is 9.47. The quantitative estimate of drug-likeness (QED) is 0.330. The summed E-state index contributed by atoms with van der Waals surface area (Å²) in [5.74, 6) is -1.20. The van der Waals surface area contributed by atoms with E-state index in [1.165, 1.54) is 22.7 Å². The summed E-state index contributed by atoms with van der Waals surface area (Å²) in [4.78, 5) is 24.7. The van der Waals surface area contributed by atoms with Crippen molar-refractivity contribution in [3.8, 4) is 17.3 Å². The Balaban J connectivity index is 1.30. The fraction of sp³-hybridized carbons (Fsp3) is 0.406. The smallest absolute Gasteiger partial charge is 0.229 e. The number of nitrogens with zero attached hydrogens (tertiary/aromatic N) is 7. The number of anilines is 3. The molecule has 234 valence electrons. The molecule has 1 amide bonds. The molecule has 5 heterocycles. The van der Waals surface area contributed by atoms with Crippen molar-refractivity contribution >= 4 is 28.7 Å². The van der Waals surface area contributed by atoms with E-state index >= 15 is 8.78 Å². The molecule has 11 nitrogen and oxygen atoms in total. The summed E-state index contributed by atoms with van der Waals surface area (Å²) in [5, 5.41) is 17.7. The minimum Gasteiger partial charge on any atom is -0.381 e. The molecule has 2 aliphatic rings. The van der Waals surface area contributed by atoms with Crippen molar-refractivity contribution < 1.29 is 18.3 Å². The molecule has 0 aliphatic carbocycles. The van der Waals surface area contributed by atoms with Crippen LogP contribution in [0.2, 0.25) is 0 Å². The third kappa shape index (κ3) is 5.55. The molecule has 3 atom stereocenters. The molecule has 2 saturated heterocycles. The highest BCUT2D eigenvalue weighted by molar-refractivity contribution is 5.75. The lowest BCUT2D eigenvalue weighted by atomic mass is 9.75. The summed E-state index contributed by atoms with van der Waals surface area (Å²) in [6.07, 6.45) is 5.70. The van der Waals surface area contributed by atoms with Gasteiger partial charge in [0.05, 0.1) is 58.1 Å². The first-order valence-electron chi connectivity index (χ1n) is 14.9. The van der Waals surface area contributed by atoms with Gasteiger partial charge in [0.25, 0.3) is 0 Å². The first-order chi connectivity index (χ1) is 21.6. The van der Waals surface area contributed by atoms with Crippen LogP contribution in [0.25, 0.3) is 16.8 Å². The van der Waals surface area contributed by atoms with E-state index in [0.717, 1.165) is 5.69 Å². The van der Waals surface area contributed by atoms with Crippen LogP contribution in [0.3, 0.4) is 0 Å². The molecule has 13 heteroatoms. The minimum absolute atomic E-state index is 0.0267. The van der Waals surface area contributed by atoms with Gasteiger partial charge in [-0.3, -0.25) is 9.78 Å². The number of rotatable bonds is 6. The van der Waals surface area contributed by atoms with Gasteiger partial charge in [-0.2, -0.15) is 14.9 Å². The zero-order valence-electron chi connectivity index (χ0n) is 25.4. The Labute approximate surface area is 259 Å². The number of carbonyl (C=O) groups is 1. The van der Waals surface area contributed by atoms with Crippen LogP contribution in [0.1, 0.15) is 32.3 Å². The Bertz CT molecular complexity index is 1750. The van der Waals surface area contributed by atoms with Crippen LogP contribution in [0, 0.1) is 28.9 Å². The maximum atomic E-state index is 15.6. The number of ether oxygens (including phenoxy) is 1. The maximum Gasteiger partial charge on any atom is 0.229 e. The summed E-state index contributed by atoms with van der Waals surface area (Å²) >= 11 is 0. The number of hydrogen-bond donors (Lipinski definition) is 2. The molecular weight excluding hydrogens is 580 g/mol. The second-order valence-electron chi connectivity index (χ2n) is 11.9. The van der Waals surface area contributed by atoms with Crippen molar-refractivity contribution in [2.75, 3.05) is 43.6 Å². The van der Waals surface area contributed by atoms with E-state index in [1.807, 2.05) is 6.07 Å². The lowest BCUT2D eigenvalue weighted by Gasteiger charge is -2.46. The number of imidazole rings is 1. The lowest BCUT2D eigenvalue weighted by Crippen LogP contribution is -2.62. The van der Waals surface area contributed by atoms with Crippen molar-refractivity contribution in [1.29, 1.82) is 5.26 Å². The summed E-state index contributed by atoms with van der Waals surface area (Å²) in [6.45, 7) is 5.51. The van der Waals surface area contributed by atoms with E-state index < -0.39 is 17.0 Å². The number of piperidine rings is 1. The second kappa shape index (κ2) is 12.0. The highest BCUT2D eigenvalue weighted by atomic mass is 19.1. The van der Waals surface area contributed by atoms with Gasteiger partial charge in [0, 0.05) is 52.5 Å². The van der Waals surface area contributed by atoms with Gasteiger partial charge >= 0.3 is 0 Å². The number of carbonyl (C=O) groups excluding carboxylic acids is 1. The number of benzene rings is 1. The van der Waals surface area contributed by atoms with Crippen molar-refractivity contribution in [3.05, 3.63) is 66.1 Å². The molecule has 45 heavy (non-hydrogen) atoms. The number of halogens is 2.